The highest BCUT2D eigenvalue weighted by atomic mass is 16.6. The molecular weight excluding hydrogens is 494 g/mol. The van der Waals surface area contributed by atoms with Gasteiger partial charge in [0.25, 0.3) is 0 Å². The number of esters is 2. The second kappa shape index (κ2) is 13.6. The minimum atomic E-state index is -1.18. The molecular formula is C32H45NO6. The minimum absolute atomic E-state index is 0.0185. The van der Waals surface area contributed by atoms with Gasteiger partial charge in [0.15, 0.2) is 0 Å². The van der Waals surface area contributed by atoms with Gasteiger partial charge in [-0.2, -0.15) is 0 Å². The van der Waals surface area contributed by atoms with Crippen LogP contribution in [0.2, 0.25) is 0 Å². The maximum Gasteiger partial charge on any atom is 0.410 e. The zero-order chi connectivity index (χ0) is 29.4. The van der Waals surface area contributed by atoms with E-state index in [1.54, 1.807) is 20.8 Å². The molecule has 0 heterocycles. The Balaban J connectivity index is 2.28. The van der Waals surface area contributed by atoms with Gasteiger partial charge < -0.3 is 14.2 Å². The molecule has 214 valence electrons. The maximum atomic E-state index is 13.5. The van der Waals surface area contributed by atoms with Gasteiger partial charge in [0.1, 0.15) is 18.2 Å². The van der Waals surface area contributed by atoms with E-state index in [4.69, 9.17) is 14.2 Å². The summed E-state index contributed by atoms with van der Waals surface area (Å²) in [5.41, 5.74) is 2.07. The zero-order valence-electron chi connectivity index (χ0n) is 24.9. The molecule has 0 aliphatic carbocycles. The topological polar surface area (TPSA) is 82.1 Å². The van der Waals surface area contributed by atoms with Crippen molar-refractivity contribution >= 4 is 18.0 Å². The summed E-state index contributed by atoms with van der Waals surface area (Å²) in [7, 11) is 1.51. The van der Waals surface area contributed by atoms with Crippen molar-refractivity contribution in [2.75, 3.05) is 7.05 Å². The number of benzene rings is 2. The molecule has 0 fully saturated rings. The zero-order valence-corrected chi connectivity index (χ0v) is 24.9. The first kappa shape index (κ1) is 31.9. The molecule has 2 atom stereocenters. The highest BCUT2D eigenvalue weighted by Gasteiger charge is 2.35. The van der Waals surface area contributed by atoms with Gasteiger partial charge in [-0.15, -0.1) is 0 Å². The molecule has 2 rings (SSSR count). The number of hydrogen-bond donors (Lipinski definition) is 0. The third-order valence-corrected chi connectivity index (χ3v) is 6.10. The molecule has 39 heavy (non-hydrogen) atoms. The lowest BCUT2D eigenvalue weighted by molar-refractivity contribution is -0.171. The van der Waals surface area contributed by atoms with E-state index >= 15 is 0 Å². The average molecular weight is 540 g/mol. The molecule has 1 unspecified atom stereocenters. The van der Waals surface area contributed by atoms with E-state index in [0.717, 1.165) is 16.7 Å². The first-order chi connectivity index (χ1) is 18.1. The van der Waals surface area contributed by atoms with Crippen LogP contribution in [0.1, 0.15) is 78.5 Å². The molecule has 2 aromatic carbocycles. The van der Waals surface area contributed by atoms with Crippen LogP contribution < -0.4 is 0 Å². The molecule has 0 N–H and O–H groups in total. The quantitative estimate of drug-likeness (QED) is 0.254. The monoisotopic (exact) mass is 539 g/mol. The Kier molecular flexibility index (Phi) is 11.1. The van der Waals surface area contributed by atoms with Crippen LogP contribution >= 0.6 is 0 Å². The van der Waals surface area contributed by atoms with Crippen molar-refractivity contribution in [1.82, 2.24) is 4.90 Å². The normalized spacial score (nSPS) is 13.4. The number of amides is 1. The number of carbonyl (C=O) groups is 3. The maximum absolute atomic E-state index is 13.5. The van der Waals surface area contributed by atoms with E-state index in [9.17, 15) is 14.4 Å². The molecule has 0 saturated heterocycles. The van der Waals surface area contributed by atoms with Crippen molar-refractivity contribution in [3.63, 3.8) is 0 Å². The Hall–Kier alpha value is -3.35. The largest absolute Gasteiger partial charge is 0.458 e. The summed E-state index contributed by atoms with van der Waals surface area (Å²) in [6, 6.07) is 16.3. The van der Waals surface area contributed by atoms with E-state index in [1.165, 1.54) is 11.9 Å². The van der Waals surface area contributed by atoms with Crippen LogP contribution in [-0.2, 0) is 42.2 Å². The minimum Gasteiger partial charge on any atom is -0.458 e. The molecule has 0 aromatic heterocycles. The summed E-state index contributed by atoms with van der Waals surface area (Å²) < 4.78 is 16.8. The van der Waals surface area contributed by atoms with E-state index in [0.29, 0.717) is 6.42 Å². The predicted molar refractivity (Wildman–Crippen MR) is 152 cm³/mol. The Morgan fingerprint density at radius 2 is 1.41 bits per heavy atom. The average Bonchev–Trinajstić information content (AvgIpc) is 2.84. The number of carbonyl (C=O) groups excluding carboxylic acids is 3. The first-order valence-electron chi connectivity index (χ1n) is 13.5. The number of rotatable bonds is 10. The number of hydrogen-bond acceptors (Lipinski definition) is 6. The summed E-state index contributed by atoms with van der Waals surface area (Å²) in [6.07, 6.45) is -1.32. The number of ether oxygens (including phenoxy) is 3. The van der Waals surface area contributed by atoms with Crippen molar-refractivity contribution < 1.29 is 28.6 Å². The van der Waals surface area contributed by atoms with Gasteiger partial charge in [0, 0.05) is 13.5 Å². The third kappa shape index (κ3) is 10.7. The van der Waals surface area contributed by atoms with Gasteiger partial charge in [-0.25, -0.2) is 14.4 Å². The molecule has 1 amide bonds. The fraction of sp³-hybridized carbons (Fsp3) is 0.531. The fourth-order valence-electron chi connectivity index (χ4n) is 3.89. The van der Waals surface area contributed by atoms with Crippen LogP contribution in [0.15, 0.2) is 54.6 Å². The van der Waals surface area contributed by atoms with Crippen molar-refractivity contribution in [3.8, 4) is 0 Å². The lowest BCUT2D eigenvalue weighted by Gasteiger charge is -2.31. The van der Waals surface area contributed by atoms with E-state index in [1.807, 2.05) is 68.4 Å². The molecule has 0 radical (unpaired) electrons. The number of nitrogens with zero attached hydrogens (tertiary/aromatic N) is 1. The second-order valence-electron chi connectivity index (χ2n) is 12.4. The van der Waals surface area contributed by atoms with Gasteiger partial charge in [-0.1, -0.05) is 89.2 Å². The highest BCUT2D eigenvalue weighted by Crippen LogP contribution is 2.23. The molecule has 2 aromatic rings. The molecule has 0 saturated carbocycles. The third-order valence-electron chi connectivity index (χ3n) is 6.10. The van der Waals surface area contributed by atoms with Gasteiger partial charge in [0.2, 0.25) is 6.10 Å². The lowest BCUT2D eigenvalue weighted by Crippen LogP contribution is -2.47. The van der Waals surface area contributed by atoms with Crippen molar-refractivity contribution in [2.45, 2.75) is 98.0 Å². The van der Waals surface area contributed by atoms with E-state index in [2.05, 4.69) is 20.8 Å². The van der Waals surface area contributed by atoms with Gasteiger partial charge in [-0.05, 0) is 55.2 Å². The van der Waals surface area contributed by atoms with Crippen LogP contribution in [0.25, 0.3) is 0 Å². The lowest BCUT2D eigenvalue weighted by atomic mass is 9.86. The van der Waals surface area contributed by atoms with Crippen LogP contribution in [0.4, 0.5) is 4.79 Å². The van der Waals surface area contributed by atoms with Crippen molar-refractivity contribution in [2.24, 2.45) is 5.92 Å². The highest BCUT2D eigenvalue weighted by molar-refractivity contribution is 5.84. The van der Waals surface area contributed by atoms with Gasteiger partial charge in [0.05, 0.1) is 0 Å². The smallest absolute Gasteiger partial charge is 0.410 e. The first-order valence-corrected chi connectivity index (χ1v) is 13.5. The van der Waals surface area contributed by atoms with Gasteiger partial charge >= 0.3 is 18.0 Å². The standard InChI is InChI=1S/C32H45NO6/c1-22(2)19-26(33(9)30(36)39-32(6,7)8)28(34)38-27(29(35)37-21-24-13-11-10-12-14-24)20-23-15-17-25(18-16-23)31(3,4)5/h10-18,22,26-27H,19-21H2,1-9H3/t26-,27?/m0/s1. The Labute approximate surface area is 233 Å². The van der Waals surface area contributed by atoms with E-state index in [-0.39, 0.29) is 24.4 Å². The fourth-order valence-corrected chi connectivity index (χ4v) is 3.89. The predicted octanol–water partition coefficient (Wildman–Crippen LogP) is 6.46. The molecule has 0 aliphatic rings. The van der Waals surface area contributed by atoms with Crippen LogP contribution in [0.5, 0.6) is 0 Å². The summed E-state index contributed by atoms with van der Waals surface area (Å²) in [5.74, 6) is -1.23. The summed E-state index contributed by atoms with van der Waals surface area (Å²) in [4.78, 5) is 40.7. The van der Waals surface area contributed by atoms with Crippen LogP contribution in [-0.4, -0.2) is 47.7 Å². The summed E-state index contributed by atoms with van der Waals surface area (Å²) >= 11 is 0. The van der Waals surface area contributed by atoms with Crippen molar-refractivity contribution in [1.29, 1.82) is 0 Å². The van der Waals surface area contributed by atoms with Crippen LogP contribution in [0, 0.1) is 5.92 Å². The van der Waals surface area contributed by atoms with Gasteiger partial charge in [-0.3, -0.25) is 4.90 Å². The molecule has 0 spiro atoms. The Morgan fingerprint density at radius 3 is 1.92 bits per heavy atom. The Bertz CT molecular complexity index is 1080. The SMILES string of the molecule is CC(C)C[C@@H](C(=O)OC(Cc1ccc(C(C)(C)C)cc1)C(=O)OCc1ccccc1)N(C)C(=O)OC(C)(C)C. The summed E-state index contributed by atoms with van der Waals surface area (Å²) in [6.45, 7) is 15.6. The molecule has 0 bridgehead atoms. The number of likely N-dealkylation sites (N-methyl/N-ethyl adjacent to an activating group) is 1. The Morgan fingerprint density at radius 1 is 0.821 bits per heavy atom. The molecule has 7 nitrogen and oxygen atoms in total. The van der Waals surface area contributed by atoms with Crippen LogP contribution in [0.3, 0.4) is 0 Å². The summed E-state index contributed by atoms with van der Waals surface area (Å²) in [5, 5.41) is 0. The molecule has 0 aliphatic heterocycles. The second-order valence-corrected chi connectivity index (χ2v) is 12.4. The molecule has 7 heteroatoms. The van der Waals surface area contributed by atoms with E-state index < -0.39 is 35.8 Å². The van der Waals surface area contributed by atoms with Crippen molar-refractivity contribution in [3.05, 3.63) is 71.3 Å².